The molecule has 2 aliphatic carbocycles. The highest BCUT2D eigenvalue weighted by molar-refractivity contribution is 5.97. The van der Waals surface area contributed by atoms with Gasteiger partial charge < -0.3 is 9.88 Å². The van der Waals surface area contributed by atoms with Gasteiger partial charge in [-0.2, -0.15) is 5.21 Å². The number of amides is 1. The molecular formula is C28H23N7O2. The Morgan fingerprint density at radius 3 is 2.65 bits per heavy atom. The standard InChI is InChI=1S/C28H23N7O2/c36-25-21-5-2-12-29-27(21)35(15-24(25)28(37)30-19-10-11-19)20-4-1-3-18(13-20)16-6-8-17(9-7-16)22-14-23(22)26-31-33-34-32-26/h1-9,12-13,15,19,22-23H,10-11,14H2,(H,30,37)(H,31,32,33,34)/t22-,23+/m0/s1. The molecule has 0 unspecified atom stereocenters. The third kappa shape index (κ3) is 3.98. The van der Waals surface area contributed by atoms with Crippen molar-refractivity contribution < 1.29 is 4.79 Å². The number of pyridine rings is 2. The lowest BCUT2D eigenvalue weighted by molar-refractivity contribution is 0.0949. The number of H-pyrrole nitrogens is 1. The number of aromatic nitrogens is 6. The molecule has 0 bridgehead atoms. The van der Waals surface area contributed by atoms with Crippen LogP contribution in [0.1, 0.15) is 52.8 Å². The SMILES string of the molecule is O=C(NC1CC1)c1cn(-c2cccc(-c3ccc([C@@H]4C[C@H]4c4nn[nH]n4)cc3)c2)c2ncccc2c1=O. The van der Waals surface area contributed by atoms with Crippen molar-refractivity contribution in [2.45, 2.75) is 37.1 Å². The van der Waals surface area contributed by atoms with Crippen LogP contribution in [0.25, 0.3) is 27.8 Å². The first-order valence-electron chi connectivity index (χ1n) is 12.4. The summed E-state index contributed by atoms with van der Waals surface area (Å²) in [6.07, 6.45) is 6.20. The summed E-state index contributed by atoms with van der Waals surface area (Å²) in [6, 6.07) is 20.2. The Balaban J connectivity index is 1.23. The molecular weight excluding hydrogens is 466 g/mol. The fourth-order valence-corrected chi connectivity index (χ4v) is 4.94. The summed E-state index contributed by atoms with van der Waals surface area (Å²) in [4.78, 5) is 30.4. The van der Waals surface area contributed by atoms with Crippen LogP contribution >= 0.6 is 0 Å². The van der Waals surface area contributed by atoms with Gasteiger partial charge in [-0.05, 0) is 66.1 Å². The number of nitrogens with one attached hydrogen (secondary N) is 2. The van der Waals surface area contributed by atoms with E-state index in [1.54, 1.807) is 24.5 Å². The summed E-state index contributed by atoms with van der Waals surface area (Å²) >= 11 is 0. The molecule has 5 aromatic rings. The van der Waals surface area contributed by atoms with Crippen molar-refractivity contribution in [3.63, 3.8) is 0 Å². The van der Waals surface area contributed by atoms with Crippen LogP contribution < -0.4 is 10.7 Å². The number of hydrogen-bond donors (Lipinski definition) is 2. The number of hydrogen-bond acceptors (Lipinski definition) is 6. The molecule has 2 fully saturated rings. The molecule has 0 spiro atoms. The number of fused-ring (bicyclic) bond motifs is 1. The van der Waals surface area contributed by atoms with Crippen molar-refractivity contribution in [2.24, 2.45) is 0 Å². The van der Waals surface area contributed by atoms with Crippen molar-refractivity contribution in [1.82, 2.24) is 35.5 Å². The molecule has 2 N–H and O–H groups in total. The minimum absolute atomic E-state index is 0.128. The lowest BCUT2D eigenvalue weighted by atomic mass is 10.0. The summed E-state index contributed by atoms with van der Waals surface area (Å²) in [7, 11) is 0. The van der Waals surface area contributed by atoms with Crippen LogP contribution in [-0.4, -0.2) is 42.1 Å². The summed E-state index contributed by atoms with van der Waals surface area (Å²) in [5, 5.41) is 17.8. The normalized spacial score (nSPS) is 18.6. The Morgan fingerprint density at radius 2 is 1.86 bits per heavy atom. The van der Waals surface area contributed by atoms with E-state index in [4.69, 9.17) is 0 Å². The summed E-state index contributed by atoms with van der Waals surface area (Å²) in [6.45, 7) is 0. The average Bonchev–Trinajstić information content (AvgIpc) is 3.87. The van der Waals surface area contributed by atoms with Crippen LogP contribution in [0, 0.1) is 0 Å². The number of rotatable bonds is 6. The maximum atomic E-state index is 13.1. The predicted molar refractivity (Wildman–Crippen MR) is 138 cm³/mol. The lowest BCUT2D eigenvalue weighted by Gasteiger charge is -2.14. The Kier molecular flexibility index (Phi) is 4.95. The van der Waals surface area contributed by atoms with E-state index >= 15 is 0 Å². The van der Waals surface area contributed by atoms with Gasteiger partial charge in [0, 0.05) is 30.0 Å². The van der Waals surface area contributed by atoms with Crippen LogP contribution in [0.15, 0.2) is 77.9 Å². The maximum Gasteiger partial charge on any atom is 0.257 e. The fourth-order valence-electron chi connectivity index (χ4n) is 4.94. The van der Waals surface area contributed by atoms with E-state index in [-0.39, 0.29) is 22.9 Å². The van der Waals surface area contributed by atoms with Crippen molar-refractivity contribution in [2.75, 3.05) is 0 Å². The number of tetrazole rings is 1. The van der Waals surface area contributed by atoms with Gasteiger partial charge in [-0.3, -0.25) is 9.59 Å². The molecule has 9 heteroatoms. The Hall–Kier alpha value is -4.66. The molecule has 1 amide bonds. The molecule has 2 aromatic carbocycles. The molecule has 3 heterocycles. The number of aromatic amines is 1. The highest BCUT2D eigenvalue weighted by Gasteiger charge is 2.42. The zero-order chi connectivity index (χ0) is 24.9. The highest BCUT2D eigenvalue weighted by Crippen LogP contribution is 2.53. The van der Waals surface area contributed by atoms with E-state index in [0.29, 0.717) is 22.9 Å². The summed E-state index contributed by atoms with van der Waals surface area (Å²) in [5.41, 5.74) is 4.53. The fraction of sp³-hybridized carbons (Fsp3) is 0.214. The maximum absolute atomic E-state index is 13.1. The molecule has 0 saturated heterocycles. The second-order valence-corrected chi connectivity index (χ2v) is 9.76. The molecule has 2 saturated carbocycles. The molecule has 3 aromatic heterocycles. The average molecular weight is 490 g/mol. The van der Waals surface area contributed by atoms with Gasteiger partial charge in [0.05, 0.1) is 5.39 Å². The van der Waals surface area contributed by atoms with E-state index < -0.39 is 0 Å². The number of carbonyl (C=O) groups is 1. The third-order valence-corrected chi connectivity index (χ3v) is 7.20. The first-order valence-corrected chi connectivity index (χ1v) is 12.4. The van der Waals surface area contributed by atoms with Crippen LogP contribution in [0.4, 0.5) is 0 Å². The van der Waals surface area contributed by atoms with Crippen LogP contribution in [0.5, 0.6) is 0 Å². The van der Waals surface area contributed by atoms with E-state index in [9.17, 15) is 9.59 Å². The third-order valence-electron chi connectivity index (χ3n) is 7.20. The molecule has 0 radical (unpaired) electrons. The summed E-state index contributed by atoms with van der Waals surface area (Å²) in [5.74, 6) is 1.17. The van der Waals surface area contributed by atoms with E-state index in [2.05, 4.69) is 67.3 Å². The topological polar surface area (TPSA) is 118 Å². The van der Waals surface area contributed by atoms with Gasteiger partial charge in [0.25, 0.3) is 5.91 Å². The Labute approximate surface area is 211 Å². The number of carbonyl (C=O) groups excluding carboxylic acids is 1. The minimum Gasteiger partial charge on any atom is -0.349 e. The predicted octanol–water partition coefficient (Wildman–Crippen LogP) is 3.73. The number of benzene rings is 2. The smallest absolute Gasteiger partial charge is 0.257 e. The van der Waals surface area contributed by atoms with Gasteiger partial charge in [0.2, 0.25) is 5.43 Å². The van der Waals surface area contributed by atoms with Gasteiger partial charge in [-0.1, -0.05) is 41.6 Å². The summed E-state index contributed by atoms with van der Waals surface area (Å²) < 4.78 is 1.83. The van der Waals surface area contributed by atoms with Gasteiger partial charge >= 0.3 is 0 Å². The molecule has 9 nitrogen and oxygen atoms in total. The van der Waals surface area contributed by atoms with Gasteiger partial charge in [0.15, 0.2) is 5.82 Å². The largest absolute Gasteiger partial charge is 0.349 e. The second-order valence-electron chi connectivity index (χ2n) is 9.76. The monoisotopic (exact) mass is 489 g/mol. The quantitative estimate of drug-likeness (QED) is 0.375. The van der Waals surface area contributed by atoms with Crippen molar-refractivity contribution in [1.29, 1.82) is 0 Å². The van der Waals surface area contributed by atoms with Crippen molar-refractivity contribution in [3.8, 4) is 16.8 Å². The minimum atomic E-state index is -0.335. The van der Waals surface area contributed by atoms with Gasteiger partial charge in [-0.15, -0.1) is 10.2 Å². The zero-order valence-corrected chi connectivity index (χ0v) is 19.8. The van der Waals surface area contributed by atoms with Crippen LogP contribution in [-0.2, 0) is 0 Å². The second kappa shape index (κ2) is 8.48. The van der Waals surface area contributed by atoms with Gasteiger partial charge in [0.1, 0.15) is 11.2 Å². The zero-order valence-electron chi connectivity index (χ0n) is 19.8. The molecule has 2 atom stereocenters. The van der Waals surface area contributed by atoms with E-state index in [1.165, 1.54) is 5.56 Å². The highest BCUT2D eigenvalue weighted by atomic mass is 16.2. The Bertz CT molecular complexity index is 1690. The van der Waals surface area contributed by atoms with E-state index in [1.807, 2.05) is 16.7 Å². The molecule has 37 heavy (non-hydrogen) atoms. The van der Waals surface area contributed by atoms with Crippen LogP contribution in [0.3, 0.4) is 0 Å². The van der Waals surface area contributed by atoms with Crippen molar-refractivity contribution in [3.05, 3.63) is 100 Å². The molecule has 2 aliphatic rings. The first-order chi connectivity index (χ1) is 18.2. The molecule has 7 rings (SSSR count). The van der Waals surface area contributed by atoms with Crippen LogP contribution in [0.2, 0.25) is 0 Å². The van der Waals surface area contributed by atoms with E-state index in [0.717, 1.165) is 41.9 Å². The van der Waals surface area contributed by atoms with Gasteiger partial charge in [-0.25, -0.2) is 4.98 Å². The lowest BCUT2D eigenvalue weighted by Crippen LogP contribution is -2.31. The number of nitrogens with zero attached hydrogens (tertiary/aromatic N) is 5. The molecule has 182 valence electrons. The van der Waals surface area contributed by atoms with Crippen molar-refractivity contribution >= 4 is 16.9 Å². The molecule has 0 aliphatic heterocycles. The first kappa shape index (κ1) is 21.6. The Morgan fingerprint density at radius 1 is 1.00 bits per heavy atom.